The molecule has 1 aliphatic heterocycles. The lowest BCUT2D eigenvalue weighted by Gasteiger charge is -2.58. The topological polar surface area (TPSA) is 49.4 Å². The molecule has 3 saturated carbocycles. The summed E-state index contributed by atoms with van der Waals surface area (Å²) < 4.78 is 0. The van der Waals surface area contributed by atoms with Crippen LogP contribution in [0.4, 0.5) is 0 Å². The van der Waals surface area contributed by atoms with Crippen molar-refractivity contribution in [3.63, 3.8) is 0 Å². The number of fused-ring (bicyclic) bond motifs is 5. The van der Waals surface area contributed by atoms with Crippen LogP contribution in [0.5, 0.6) is 0 Å². The molecule has 1 N–H and O–H groups in total. The number of rotatable bonds is 1. The van der Waals surface area contributed by atoms with Crippen molar-refractivity contribution >= 4 is 11.8 Å². The molecule has 0 bridgehead atoms. The smallest absolute Gasteiger partial charge is 0.243 e. The highest BCUT2D eigenvalue weighted by molar-refractivity contribution is 5.89. The van der Waals surface area contributed by atoms with Crippen molar-refractivity contribution in [2.24, 2.45) is 34.5 Å². The van der Waals surface area contributed by atoms with Gasteiger partial charge in [0.15, 0.2) is 0 Å². The SMILES string of the molecule is CN(C)C(=O)[C@H]1CCC2C3CC[C@H]4NC(=O)C=C[C@]4(C)C3CC[C@@]21C. The van der Waals surface area contributed by atoms with Gasteiger partial charge in [-0.05, 0) is 67.8 Å². The van der Waals surface area contributed by atoms with Crippen molar-refractivity contribution < 1.29 is 9.59 Å². The molecule has 2 amide bonds. The van der Waals surface area contributed by atoms with E-state index in [9.17, 15) is 9.59 Å². The highest BCUT2D eigenvalue weighted by Gasteiger charge is 2.60. The van der Waals surface area contributed by atoms with E-state index < -0.39 is 0 Å². The van der Waals surface area contributed by atoms with E-state index in [1.54, 1.807) is 11.0 Å². The van der Waals surface area contributed by atoms with Gasteiger partial charge in [-0.15, -0.1) is 0 Å². The third-order valence-corrected chi connectivity index (χ3v) is 8.42. The Bertz CT molecular complexity index is 627. The molecule has 1 heterocycles. The van der Waals surface area contributed by atoms with E-state index in [1.165, 1.54) is 19.3 Å². The molecule has 4 aliphatic rings. The molecule has 0 spiro atoms. The van der Waals surface area contributed by atoms with Crippen LogP contribution >= 0.6 is 0 Å². The van der Waals surface area contributed by atoms with Crippen LogP contribution in [0.15, 0.2) is 12.2 Å². The largest absolute Gasteiger partial charge is 0.349 e. The molecule has 0 aromatic rings. The molecule has 0 aromatic heterocycles. The second kappa shape index (κ2) is 5.59. The number of carbonyl (C=O) groups is 2. The molecule has 25 heavy (non-hydrogen) atoms. The first-order valence-electron chi connectivity index (χ1n) is 9.98. The van der Waals surface area contributed by atoms with Gasteiger partial charge in [0, 0.05) is 31.5 Å². The van der Waals surface area contributed by atoms with Crippen molar-refractivity contribution in [3.05, 3.63) is 12.2 Å². The molecular formula is C21H32N2O2. The Morgan fingerprint density at radius 3 is 2.60 bits per heavy atom. The van der Waals surface area contributed by atoms with E-state index in [4.69, 9.17) is 0 Å². The van der Waals surface area contributed by atoms with Gasteiger partial charge in [-0.25, -0.2) is 0 Å². The van der Waals surface area contributed by atoms with Crippen LogP contribution in [-0.2, 0) is 9.59 Å². The summed E-state index contributed by atoms with van der Waals surface area (Å²) in [4.78, 5) is 26.3. The van der Waals surface area contributed by atoms with E-state index >= 15 is 0 Å². The third kappa shape index (κ3) is 2.32. The fraction of sp³-hybridized carbons (Fsp3) is 0.810. The van der Waals surface area contributed by atoms with Crippen LogP contribution in [0.2, 0.25) is 0 Å². The monoisotopic (exact) mass is 344 g/mol. The second-order valence-electron chi connectivity index (χ2n) is 9.62. The minimum atomic E-state index is 0.0686. The van der Waals surface area contributed by atoms with Crippen molar-refractivity contribution in [2.75, 3.05) is 14.1 Å². The Labute approximate surface area is 151 Å². The van der Waals surface area contributed by atoms with Gasteiger partial charge in [0.25, 0.3) is 0 Å². The zero-order chi connectivity index (χ0) is 18.0. The summed E-state index contributed by atoms with van der Waals surface area (Å²) in [5.41, 5.74) is 0.245. The van der Waals surface area contributed by atoms with Crippen LogP contribution < -0.4 is 5.32 Å². The normalized spacial score (nSPS) is 48.2. The van der Waals surface area contributed by atoms with Crippen molar-refractivity contribution in [1.29, 1.82) is 0 Å². The Hall–Kier alpha value is -1.32. The Morgan fingerprint density at radius 2 is 1.88 bits per heavy atom. The fourth-order valence-electron chi connectivity index (χ4n) is 7.05. The Balaban J connectivity index is 1.63. The minimum Gasteiger partial charge on any atom is -0.349 e. The molecule has 7 atom stereocenters. The van der Waals surface area contributed by atoms with Gasteiger partial charge < -0.3 is 10.2 Å². The van der Waals surface area contributed by atoms with Gasteiger partial charge in [-0.3, -0.25) is 9.59 Å². The van der Waals surface area contributed by atoms with Crippen molar-refractivity contribution in [1.82, 2.24) is 10.2 Å². The number of nitrogens with one attached hydrogen (secondary N) is 1. The molecule has 3 unspecified atom stereocenters. The third-order valence-electron chi connectivity index (χ3n) is 8.42. The maximum Gasteiger partial charge on any atom is 0.243 e. The lowest BCUT2D eigenvalue weighted by atomic mass is 9.48. The van der Waals surface area contributed by atoms with Crippen LogP contribution in [-0.4, -0.2) is 36.9 Å². The average Bonchev–Trinajstić information content (AvgIpc) is 2.92. The number of hydrogen-bond acceptors (Lipinski definition) is 2. The van der Waals surface area contributed by atoms with Gasteiger partial charge in [0.1, 0.15) is 0 Å². The molecule has 3 aliphatic carbocycles. The first-order chi connectivity index (χ1) is 11.8. The number of amides is 2. The van der Waals surface area contributed by atoms with Gasteiger partial charge >= 0.3 is 0 Å². The quantitative estimate of drug-likeness (QED) is 0.795. The van der Waals surface area contributed by atoms with Gasteiger partial charge in [0.2, 0.25) is 11.8 Å². The van der Waals surface area contributed by atoms with Crippen LogP contribution in [0.1, 0.15) is 52.4 Å². The highest BCUT2D eigenvalue weighted by atomic mass is 16.2. The van der Waals surface area contributed by atoms with Crippen LogP contribution in [0.3, 0.4) is 0 Å². The molecule has 4 rings (SSSR count). The number of hydrogen-bond donors (Lipinski definition) is 1. The van der Waals surface area contributed by atoms with Crippen molar-refractivity contribution in [2.45, 2.75) is 58.4 Å². The molecule has 4 nitrogen and oxygen atoms in total. The Morgan fingerprint density at radius 1 is 1.12 bits per heavy atom. The van der Waals surface area contributed by atoms with Crippen LogP contribution in [0, 0.1) is 34.5 Å². The zero-order valence-electron chi connectivity index (χ0n) is 16.0. The molecule has 0 radical (unpaired) electrons. The van der Waals surface area contributed by atoms with Gasteiger partial charge in [-0.1, -0.05) is 19.9 Å². The molecule has 4 heteroatoms. The van der Waals surface area contributed by atoms with Gasteiger partial charge in [-0.2, -0.15) is 0 Å². The first kappa shape index (κ1) is 17.1. The molecular weight excluding hydrogens is 312 g/mol. The summed E-state index contributed by atoms with van der Waals surface area (Å²) in [7, 11) is 3.79. The summed E-state index contributed by atoms with van der Waals surface area (Å²) in [6.07, 6.45) is 10.8. The molecule has 3 fully saturated rings. The second-order valence-corrected chi connectivity index (χ2v) is 9.62. The van der Waals surface area contributed by atoms with E-state index in [2.05, 4.69) is 25.2 Å². The molecule has 0 saturated heterocycles. The lowest BCUT2D eigenvalue weighted by Crippen LogP contribution is -2.59. The summed E-state index contributed by atoms with van der Waals surface area (Å²) >= 11 is 0. The number of carbonyl (C=O) groups excluding carboxylic acids is 2. The summed E-state index contributed by atoms with van der Waals surface area (Å²) in [6, 6.07) is 0.288. The molecule has 138 valence electrons. The first-order valence-corrected chi connectivity index (χ1v) is 9.98. The Kier molecular flexibility index (Phi) is 3.82. The van der Waals surface area contributed by atoms with E-state index in [1.807, 2.05) is 14.1 Å². The maximum atomic E-state index is 12.8. The summed E-state index contributed by atoms with van der Waals surface area (Å²) in [5, 5.41) is 3.22. The maximum absolute atomic E-state index is 12.8. The minimum absolute atomic E-state index is 0.0686. The van der Waals surface area contributed by atoms with Crippen molar-refractivity contribution in [3.8, 4) is 0 Å². The standard InChI is InChI=1S/C21H32N2O2/c1-20-11-9-15-13(14(20)6-7-16(20)19(25)23(3)4)5-8-17-21(15,2)12-10-18(24)22-17/h10,12-17H,5-9,11H2,1-4H3,(H,22,24)/t13?,14?,15?,16-,17-,20+,21-/m1/s1. The van der Waals surface area contributed by atoms with E-state index in [0.717, 1.165) is 19.3 Å². The lowest BCUT2D eigenvalue weighted by molar-refractivity contribution is -0.141. The fourth-order valence-corrected chi connectivity index (χ4v) is 7.05. The van der Waals surface area contributed by atoms with E-state index in [-0.39, 0.29) is 28.7 Å². The van der Waals surface area contributed by atoms with E-state index in [0.29, 0.717) is 23.7 Å². The summed E-state index contributed by atoms with van der Waals surface area (Å²) in [6.45, 7) is 4.74. The zero-order valence-corrected chi connectivity index (χ0v) is 16.0. The molecule has 0 aromatic carbocycles. The summed E-state index contributed by atoms with van der Waals surface area (Å²) in [5.74, 6) is 2.57. The number of nitrogens with zero attached hydrogens (tertiary/aromatic N) is 1. The average molecular weight is 344 g/mol. The predicted octanol–water partition coefficient (Wildman–Crippen LogP) is 2.99. The predicted molar refractivity (Wildman–Crippen MR) is 97.6 cm³/mol. The highest BCUT2D eigenvalue weighted by Crippen LogP contribution is 2.65. The van der Waals surface area contributed by atoms with Crippen LogP contribution in [0.25, 0.3) is 0 Å². The van der Waals surface area contributed by atoms with Gasteiger partial charge in [0.05, 0.1) is 0 Å².